The Kier molecular flexibility index (Phi) is 10.6. The third-order valence-electron chi connectivity index (χ3n) is 3.66. The number of methoxy groups -OCH3 is 1. The minimum atomic E-state index is 0.398. The highest BCUT2D eigenvalue weighted by atomic mass is 16.5. The topological polar surface area (TPSA) is 67.8 Å². The average molecular weight is 351 g/mol. The minimum absolute atomic E-state index is 0.398. The third-order valence-corrected chi connectivity index (χ3v) is 3.66. The van der Waals surface area contributed by atoms with E-state index in [1.807, 2.05) is 12.1 Å². The molecule has 6 nitrogen and oxygen atoms in total. The Morgan fingerprint density at radius 3 is 2.60 bits per heavy atom. The van der Waals surface area contributed by atoms with E-state index in [1.165, 1.54) is 6.42 Å². The number of rotatable bonds is 11. The molecular formula is C19H34N4O2. The fourth-order valence-electron chi connectivity index (χ4n) is 2.20. The molecule has 1 aromatic heterocycles. The van der Waals surface area contributed by atoms with Gasteiger partial charge in [0.2, 0.25) is 5.88 Å². The summed E-state index contributed by atoms with van der Waals surface area (Å²) in [5, 5.41) is 6.77. The molecule has 25 heavy (non-hydrogen) atoms. The number of ether oxygens (including phenoxy) is 2. The van der Waals surface area contributed by atoms with Crippen molar-refractivity contribution in [2.24, 2.45) is 10.9 Å². The number of hydrogen-bond acceptors (Lipinski definition) is 4. The van der Waals surface area contributed by atoms with Crippen molar-refractivity contribution in [3.05, 3.63) is 23.9 Å². The second kappa shape index (κ2) is 12.5. The summed E-state index contributed by atoms with van der Waals surface area (Å²) in [7, 11) is 1.65. The number of guanidine groups is 1. The van der Waals surface area contributed by atoms with Crippen LogP contribution in [-0.4, -0.2) is 43.9 Å². The second-order valence-corrected chi connectivity index (χ2v) is 6.56. The fourth-order valence-corrected chi connectivity index (χ4v) is 2.20. The summed E-state index contributed by atoms with van der Waals surface area (Å²) in [4.78, 5) is 8.95. The van der Waals surface area contributed by atoms with Crippen LogP contribution in [0, 0.1) is 5.92 Å². The van der Waals surface area contributed by atoms with E-state index in [0.717, 1.165) is 30.4 Å². The maximum absolute atomic E-state index is 5.47. The van der Waals surface area contributed by atoms with Crippen LogP contribution in [0.3, 0.4) is 0 Å². The zero-order chi connectivity index (χ0) is 18.5. The van der Waals surface area contributed by atoms with Crippen LogP contribution >= 0.6 is 0 Å². The fraction of sp³-hybridized carbons (Fsp3) is 0.684. The largest absolute Gasteiger partial charge is 0.475 e. The molecule has 0 saturated heterocycles. The third kappa shape index (κ3) is 9.92. The number of pyridine rings is 1. The highest BCUT2D eigenvalue weighted by molar-refractivity contribution is 5.80. The molecule has 0 aliphatic carbocycles. The van der Waals surface area contributed by atoms with E-state index in [1.54, 1.807) is 13.3 Å². The van der Waals surface area contributed by atoms with Crippen molar-refractivity contribution < 1.29 is 9.47 Å². The lowest BCUT2D eigenvalue weighted by atomic mass is 10.0. The average Bonchev–Trinajstić information content (AvgIpc) is 2.59. The Hall–Kier alpha value is -1.82. The smallest absolute Gasteiger partial charge is 0.213 e. The lowest BCUT2D eigenvalue weighted by Gasteiger charge is -2.18. The quantitative estimate of drug-likeness (QED) is 0.365. The summed E-state index contributed by atoms with van der Waals surface area (Å²) in [6.45, 7) is 11.3. The Morgan fingerprint density at radius 2 is 2.00 bits per heavy atom. The summed E-state index contributed by atoms with van der Waals surface area (Å²) in [6, 6.07) is 4.26. The minimum Gasteiger partial charge on any atom is -0.475 e. The van der Waals surface area contributed by atoms with Gasteiger partial charge in [-0.2, -0.15) is 0 Å². The maximum Gasteiger partial charge on any atom is 0.213 e. The van der Waals surface area contributed by atoms with Gasteiger partial charge in [-0.1, -0.05) is 19.9 Å². The molecule has 0 aliphatic heterocycles. The van der Waals surface area contributed by atoms with Crippen molar-refractivity contribution in [3.63, 3.8) is 0 Å². The van der Waals surface area contributed by atoms with E-state index in [0.29, 0.717) is 31.7 Å². The van der Waals surface area contributed by atoms with Gasteiger partial charge < -0.3 is 20.1 Å². The van der Waals surface area contributed by atoms with Crippen LogP contribution < -0.4 is 15.4 Å². The van der Waals surface area contributed by atoms with Crippen molar-refractivity contribution in [2.45, 2.75) is 53.1 Å². The maximum atomic E-state index is 5.47. The number of aliphatic imine (C=N–C) groups is 1. The highest BCUT2D eigenvalue weighted by Gasteiger charge is 2.06. The first kappa shape index (κ1) is 21.2. The van der Waals surface area contributed by atoms with E-state index in [4.69, 9.17) is 9.47 Å². The normalized spacial score (nSPS) is 13.0. The van der Waals surface area contributed by atoms with Crippen molar-refractivity contribution in [1.29, 1.82) is 0 Å². The standard InChI is InChI=1S/C19H34N4O2/c1-6-20-19(23-16(4)8-7-15(2)3)22-14-17-9-10-18(21-13-17)25-12-11-24-5/h9-10,13,15-16H,6-8,11-12,14H2,1-5H3,(H2,20,22,23). The molecule has 0 fully saturated rings. The van der Waals surface area contributed by atoms with Crippen LogP contribution in [0.15, 0.2) is 23.3 Å². The van der Waals surface area contributed by atoms with E-state index in [-0.39, 0.29) is 0 Å². The molecule has 1 heterocycles. The van der Waals surface area contributed by atoms with Crippen LogP contribution in [0.1, 0.15) is 46.1 Å². The first-order chi connectivity index (χ1) is 12.0. The van der Waals surface area contributed by atoms with Crippen LogP contribution in [0.25, 0.3) is 0 Å². The summed E-state index contributed by atoms with van der Waals surface area (Å²) >= 11 is 0. The van der Waals surface area contributed by atoms with Crippen molar-refractivity contribution in [3.8, 4) is 5.88 Å². The molecule has 0 spiro atoms. The van der Waals surface area contributed by atoms with Crippen LogP contribution in [0.4, 0.5) is 0 Å². The van der Waals surface area contributed by atoms with Gasteiger partial charge in [0.05, 0.1) is 13.2 Å². The van der Waals surface area contributed by atoms with Gasteiger partial charge in [0.15, 0.2) is 5.96 Å². The molecule has 1 rings (SSSR count). The molecule has 0 amide bonds. The molecule has 0 saturated carbocycles. The lowest BCUT2D eigenvalue weighted by molar-refractivity contribution is 0.143. The van der Waals surface area contributed by atoms with Crippen LogP contribution in [0.5, 0.6) is 5.88 Å². The summed E-state index contributed by atoms with van der Waals surface area (Å²) in [5.41, 5.74) is 1.05. The Labute approximate surface area is 152 Å². The van der Waals surface area contributed by atoms with E-state index >= 15 is 0 Å². The van der Waals surface area contributed by atoms with Crippen LogP contribution in [-0.2, 0) is 11.3 Å². The van der Waals surface area contributed by atoms with Gasteiger partial charge in [0.1, 0.15) is 6.61 Å². The summed E-state index contributed by atoms with van der Waals surface area (Å²) < 4.78 is 10.4. The molecule has 1 atom stereocenters. The Bertz CT molecular complexity index is 489. The van der Waals surface area contributed by atoms with Gasteiger partial charge in [-0.15, -0.1) is 0 Å². The van der Waals surface area contributed by atoms with Crippen molar-refractivity contribution in [1.82, 2.24) is 15.6 Å². The molecule has 0 bridgehead atoms. The number of aromatic nitrogens is 1. The molecule has 6 heteroatoms. The first-order valence-electron chi connectivity index (χ1n) is 9.16. The van der Waals surface area contributed by atoms with Gasteiger partial charge in [-0.3, -0.25) is 0 Å². The highest BCUT2D eigenvalue weighted by Crippen LogP contribution is 2.09. The predicted molar refractivity (Wildman–Crippen MR) is 103 cm³/mol. The lowest BCUT2D eigenvalue weighted by Crippen LogP contribution is -2.42. The predicted octanol–water partition coefficient (Wildman–Crippen LogP) is 2.99. The molecule has 1 aromatic rings. The molecule has 0 aliphatic rings. The number of nitrogens with one attached hydrogen (secondary N) is 2. The van der Waals surface area contributed by atoms with E-state index < -0.39 is 0 Å². The molecule has 142 valence electrons. The summed E-state index contributed by atoms with van der Waals surface area (Å²) in [6.07, 6.45) is 4.15. The zero-order valence-corrected chi connectivity index (χ0v) is 16.3. The first-order valence-corrected chi connectivity index (χ1v) is 9.16. The Balaban J connectivity index is 2.52. The Morgan fingerprint density at radius 1 is 1.20 bits per heavy atom. The monoisotopic (exact) mass is 350 g/mol. The van der Waals surface area contributed by atoms with Crippen molar-refractivity contribution >= 4 is 5.96 Å². The zero-order valence-electron chi connectivity index (χ0n) is 16.3. The van der Waals surface area contributed by atoms with Gasteiger partial charge in [-0.25, -0.2) is 9.98 Å². The van der Waals surface area contributed by atoms with Gasteiger partial charge in [-0.05, 0) is 38.2 Å². The van der Waals surface area contributed by atoms with Gasteiger partial charge in [0, 0.05) is 32.0 Å². The molecule has 0 radical (unpaired) electrons. The number of hydrogen-bond donors (Lipinski definition) is 2. The molecular weight excluding hydrogens is 316 g/mol. The molecule has 1 unspecified atom stereocenters. The van der Waals surface area contributed by atoms with Gasteiger partial charge in [0.25, 0.3) is 0 Å². The van der Waals surface area contributed by atoms with E-state index in [9.17, 15) is 0 Å². The number of nitrogens with zero attached hydrogens (tertiary/aromatic N) is 2. The second-order valence-electron chi connectivity index (χ2n) is 6.56. The molecule has 2 N–H and O–H groups in total. The van der Waals surface area contributed by atoms with E-state index in [2.05, 4.69) is 48.3 Å². The summed E-state index contributed by atoms with van der Waals surface area (Å²) in [5.74, 6) is 2.18. The molecule has 0 aromatic carbocycles. The van der Waals surface area contributed by atoms with Crippen molar-refractivity contribution in [2.75, 3.05) is 26.9 Å². The SMILES string of the molecule is CCNC(=NCc1ccc(OCCOC)nc1)NC(C)CCC(C)C. The van der Waals surface area contributed by atoms with Crippen LogP contribution in [0.2, 0.25) is 0 Å². The van der Waals surface area contributed by atoms with Gasteiger partial charge >= 0.3 is 0 Å².